The highest BCUT2D eigenvalue weighted by Crippen LogP contribution is 2.51. The fraction of sp³-hybridized carbons (Fsp3) is 0.692. The lowest BCUT2D eigenvalue weighted by atomic mass is 9.57. The lowest BCUT2D eigenvalue weighted by Gasteiger charge is -2.44. The SMILES string of the molecule is CC1(C(=O)O)[C@@H](C(=O)O)CC=C2CCCC[C@H]21. The summed E-state index contributed by atoms with van der Waals surface area (Å²) in [6, 6.07) is 0. The van der Waals surface area contributed by atoms with Crippen LogP contribution in [0.1, 0.15) is 39.0 Å². The van der Waals surface area contributed by atoms with Gasteiger partial charge in [0.25, 0.3) is 0 Å². The summed E-state index contributed by atoms with van der Waals surface area (Å²) < 4.78 is 0. The topological polar surface area (TPSA) is 74.6 Å². The molecule has 0 aliphatic heterocycles. The van der Waals surface area contributed by atoms with Crippen molar-refractivity contribution >= 4 is 11.9 Å². The van der Waals surface area contributed by atoms with Crippen LogP contribution in [0.5, 0.6) is 0 Å². The van der Waals surface area contributed by atoms with E-state index in [-0.39, 0.29) is 5.92 Å². The summed E-state index contributed by atoms with van der Waals surface area (Å²) >= 11 is 0. The highest BCUT2D eigenvalue weighted by atomic mass is 16.4. The first-order chi connectivity index (χ1) is 7.98. The van der Waals surface area contributed by atoms with Gasteiger partial charge in [-0.05, 0) is 38.5 Å². The molecule has 0 aromatic rings. The van der Waals surface area contributed by atoms with Gasteiger partial charge in [0.15, 0.2) is 0 Å². The third kappa shape index (κ3) is 1.75. The predicted molar refractivity (Wildman–Crippen MR) is 61.5 cm³/mol. The van der Waals surface area contributed by atoms with Crippen molar-refractivity contribution in [2.75, 3.05) is 0 Å². The maximum Gasteiger partial charge on any atom is 0.310 e. The smallest absolute Gasteiger partial charge is 0.310 e. The van der Waals surface area contributed by atoms with E-state index in [1.165, 1.54) is 5.57 Å². The molecule has 1 unspecified atom stereocenters. The molecule has 2 aliphatic carbocycles. The molecular weight excluding hydrogens is 220 g/mol. The van der Waals surface area contributed by atoms with E-state index in [9.17, 15) is 19.8 Å². The van der Waals surface area contributed by atoms with Crippen molar-refractivity contribution in [1.29, 1.82) is 0 Å². The van der Waals surface area contributed by atoms with Gasteiger partial charge in [0.05, 0.1) is 11.3 Å². The Bertz CT molecular complexity index is 385. The number of carboxylic acid groups (broad SMARTS) is 2. The molecule has 0 bridgehead atoms. The third-order valence-electron chi connectivity index (χ3n) is 4.48. The Morgan fingerprint density at radius 2 is 2.06 bits per heavy atom. The van der Waals surface area contributed by atoms with Crippen LogP contribution >= 0.6 is 0 Å². The number of rotatable bonds is 2. The van der Waals surface area contributed by atoms with Crippen LogP contribution in [0.25, 0.3) is 0 Å². The zero-order chi connectivity index (χ0) is 12.6. The molecule has 4 nitrogen and oxygen atoms in total. The molecular formula is C13H18O4. The monoisotopic (exact) mass is 238 g/mol. The number of fused-ring (bicyclic) bond motifs is 1. The number of hydrogen-bond donors (Lipinski definition) is 2. The normalized spacial score (nSPS) is 36.9. The molecule has 0 aromatic heterocycles. The van der Waals surface area contributed by atoms with Crippen molar-refractivity contribution in [2.24, 2.45) is 17.3 Å². The molecule has 2 rings (SSSR count). The lowest BCUT2D eigenvalue weighted by molar-refractivity contribution is -0.166. The summed E-state index contributed by atoms with van der Waals surface area (Å²) in [7, 11) is 0. The van der Waals surface area contributed by atoms with E-state index in [2.05, 4.69) is 0 Å². The van der Waals surface area contributed by atoms with E-state index >= 15 is 0 Å². The van der Waals surface area contributed by atoms with Crippen molar-refractivity contribution in [3.8, 4) is 0 Å². The molecule has 0 amide bonds. The molecule has 4 heteroatoms. The Labute approximate surface area is 100 Å². The third-order valence-corrected chi connectivity index (χ3v) is 4.48. The zero-order valence-corrected chi connectivity index (χ0v) is 9.98. The van der Waals surface area contributed by atoms with Crippen LogP contribution in [-0.2, 0) is 9.59 Å². The molecule has 17 heavy (non-hydrogen) atoms. The first-order valence-electron chi connectivity index (χ1n) is 6.13. The number of aliphatic carboxylic acids is 2. The summed E-state index contributed by atoms with van der Waals surface area (Å²) in [5.74, 6) is -2.85. The Morgan fingerprint density at radius 3 is 2.65 bits per heavy atom. The van der Waals surface area contributed by atoms with Gasteiger partial charge in [-0.15, -0.1) is 0 Å². The van der Waals surface area contributed by atoms with Gasteiger partial charge in [-0.2, -0.15) is 0 Å². The van der Waals surface area contributed by atoms with Crippen LogP contribution < -0.4 is 0 Å². The van der Waals surface area contributed by atoms with Crippen LogP contribution in [0.15, 0.2) is 11.6 Å². The Balaban J connectivity index is 2.43. The van der Waals surface area contributed by atoms with Crippen molar-refractivity contribution in [1.82, 2.24) is 0 Å². The Morgan fingerprint density at radius 1 is 1.35 bits per heavy atom. The fourth-order valence-electron chi connectivity index (χ4n) is 3.38. The van der Waals surface area contributed by atoms with Gasteiger partial charge in [0.2, 0.25) is 0 Å². The second-order valence-corrected chi connectivity index (χ2v) is 5.29. The lowest BCUT2D eigenvalue weighted by Crippen LogP contribution is -2.49. The highest BCUT2D eigenvalue weighted by molar-refractivity contribution is 5.84. The molecule has 1 fully saturated rings. The first kappa shape index (κ1) is 12.1. The van der Waals surface area contributed by atoms with E-state index in [1.807, 2.05) is 6.08 Å². The van der Waals surface area contributed by atoms with Gasteiger partial charge in [-0.3, -0.25) is 9.59 Å². The van der Waals surface area contributed by atoms with E-state index < -0.39 is 23.3 Å². The highest BCUT2D eigenvalue weighted by Gasteiger charge is 2.53. The van der Waals surface area contributed by atoms with Crippen LogP contribution in [0.4, 0.5) is 0 Å². The van der Waals surface area contributed by atoms with Gasteiger partial charge >= 0.3 is 11.9 Å². The summed E-state index contributed by atoms with van der Waals surface area (Å²) in [5.41, 5.74) is 0.0229. The Kier molecular flexibility index (Phi) is 2.98. The van der Waals surface area contributed by atoms with Crippen molar-refractivity contribution in [3.63, 3.8) is 0 Å². The maximum absolute atomic E-state index is 11.6. The van der Waals surface area contributed by atoms with Gasteiger partial charge in [0, 0.05) is 0 Å². The molecule has 0 radical (unpaired) electrons. The Hall–Kier alpha value is -1.32. The summed E-state index contributed by atoms with van der Waals surface area (Å²) in [5, 5.41) is 18.7. The molecule has 1 saturated carbocycles. The standard InChI is InChI=1S/C13H18O4/c1-13(12(16)17)9-5-3-2-4-8(9)6-7-10(13)11(14)15/h6,9-10H,2-5,7H2,1H3,(H,14,15)(H,16,17)/t9-,10-,13?/m1/s1. The van der Waals surface area contributed by atoms with Crippen molar-refractivity contribution in [3.05, 3.63) is 11.6 Å². The van der Waals surface area contributed by atoms with E-state index in [1.54, 1.807) is 6.92 Å². The zero-order valence-electron chi connectivity index (χ0n) is 9.98. The minimum Gasteiger partial charge on any atom is -0.481 e. The quantitative estimate of drug-likeness (QED) is 0.724. The van der Waals surface area contributed by atoms with E-state index in [0.29, 0.717) is 6.42 Å². The molecule has 0 heterocycles. The largest absolute Gasteiger partial charge is 0.481 e. The number of carbonyl (C=O) groups is 2. The molecule has 0 spiro atoms. The summed E-state index contributed by atoms with van der Waals surface area (Å²) in [6.45, 7) is 1.61. The van der Waals surface area contributed by atoms with Gasteiger partial charge < -0.3 is 10.2 Å². The van der Waals surface area contributed by atoms with Crippen molar-refractivity contribution in [2.45, 2.75) is 39.0 Å². The molecule has 0 saturated heterocycles. The van der Waals surface area contributed by atoms with Gasteiger partial charge in [0.1, 0.15) is 0 Å². The van der Waals surface area contributed by atoms with Crippen molar-refractivity contribution < 1.29 is 19.8 Å². The van der Waals surface area contributed by atoms with Gasteiger partial charge in [-0.25, -0.2) is 0 Å². The van der Waals surface area contributed by atoms with Crippen LogP contribution in [0.2, 0.25) is 0 Å². The predicted octanol–water partition coefficient (Wildman–Crippen LogP) is 2.30. The second-order valence-electron chi connectivity index (χ2n) is 5.29. The minimum absolute atomic E-state index is 0.0939. The fourth-order valence-corrected chi connectivity index (χ4v) is 3.38. The first-order valence-corrected chi connectivity index (χ1v) is 6.13. The second kappa shape index (κ2) is 4.17. The van der Waals surface area contributed by atoms with E-state index in [0.717, 1.165) is 25.7 Å². The minimum atomic E-state index is -1.14. The van der Waals surface area contributed by atoms with Crippen LogP contribution in [-0.4, -0.2) is 22.2 Å². The molecule has 2 aliphatic rings. The molecule has 3 atom stereocenters. The summed E-state index contributed by atoms with van der Waals surface area (Å²) in [4.78, 5) is 22.8. The number of hydrogen-bond acceptors (Lipinski definition) is 2. The molecule has 94 valence electrons. The van der Waals surface area contributed by atoms with Gasteiger partial charge in [-0.1, -0.05) is 18.1 Å². The number of allylic oxidation sites excluding steroid dienone is 2. The van der Waals surface area contributed by atoms with Crippen LogP contribution in [0, 0.1) is 17.3 Å². The summed E-state index contributed by atoms with van der Waals surface area (Å²) in [6.07, 6.45) is 6.14. The molecule has 0 aromatic carbocycles. The average Bonchev–Trinajstić information content (AvgIpc) is 2.29. The maximum atomic E-state index is 11.6. The molecule has 2 N–H and O–H groups in total. The van der Waals surface area contributed by atoms with Crippen LogP contribution in [0.3, 0.4) is 0 Å². The number of carboxylic acids is 2. The average molecular weight is 238 g/mol. The van der Waals surface area contributed by atoms with E-state index in [4.69, 9.17) is 0 Å².